The van der Waals surface area contributed by atoms with Crippen LogP contribution in [0, 0.1) is 13.8 Å². The number of hydrogen-bond donors (Lipinski definition) is 1. The van der Waals surface area contributed by atoms with Crippen molar-refractivity contribution in [1.82, 2.24) is 10.2 Å². The third-order valence-electron chi connectivity index (χ3n) is 6.59. The molecule has 0 saturated carbocycles. The standard InChI is InChI=1S/C31H39N3O4S/c1-5-6-18-32-31(36)26(4)33(19-17-27-13-9-7-10-14-27)30(35)23-34(28-21-24(2)20-25(3)22-28)39(37,38)29-15-11-8-12-16-29/h7-16,20-22,26H,5-6,17-19,23H2,1-4H3,(H,32,36). The molecule has 1 unspecified atom stereocenters. The van der Waals surface area contributed by atoms with E-state index in [-0.39, 0.29) is 17.3 Å². The normalized spacial score (nSPS) is 12.0. The van der Waals surface area contributed by atoms with Crippen LogP contribution in [0.25, 0.3) is 0 Å². The summed E-state index contributed by atoms with van der Waals surface area (Å²) in [5.41, 5.74) is 3.20. The second-order valence-corrected chi connectivity index (χ2v) is 11.7. The average molecular weight is 550 g/mol. The van der Waals surface area contributed by atoms with E-state index in [9.17, 15) is 18.0 Å². The molecule has 0 spiro atoms. The second kappa shape index (κ2) is 13.9. The number of unbranched alkanes of at least 4 members (excludes halogenated alkanes) is 1. The number of carbonyl (C=O) groups excluding carboxylic acids is 2. The fourth-order valence-electron chi connectivity index (χ4n) is 4.45. The van der Waals surface area contributed by atoms with Gasteiger partial charge in [-0.2, -0.15) is 0 Å². The first-order valence-electron chi connectivity index (χ1n) is 13.4. The fraction of sp³-hybridized carbons (Fsp3) is 0.355. The van der Waals surface area contributed by atoms with E-state index in [4.69, 9.17) is 0 Å². The van der Waals surface area contributed by atoms with Crippen molar-refractivity contribution < 1.29 is 18.0 Å². The molecule has 0 heterocycles. The highest BCUT2D eigenvalue weighted by molar-refractivity contribution is 7.92. The molecule has 0 aliphatic heterocycles. The average Bonchev–Trinajstić information content (AvgIpc) is 2.92. The molecule has 0 saturated heterocycles. The molecule has 7 nitrogen and oxygen atoms in total. The molecule has 8 heteroatoms. The van der Waals surface area contributed by atoms with Gasteiger partial charge in [-0.05, 0) is 74.6 Å². The summed E-state index contributed by atoms with van der Waals surface area (Å²) in [5.74, 6) is -0.698. The van der Waals surface area contributed by atoms with Crippen LogP contribution >= 0.6 is 0 Å². The van der Waals surface area contributed by atoms with E-state index in [1.54, 1.807) is 37.3 Å². The zero-order valence-electron chi connectivity index (χ0n) is 23.3. The second-order valence-electron chi connectivity index (χ2n) is 9.81. The molecule has 0 bridgehead atoms. The van der Waals surface area contributed by atoms with Crippen molar-refractivity contribution in [1.29, 1.82) is 0 Å². The molecule has 3 rings (SSSR count). The van der Waals surface area contributed by atoms with Crippen molar-refractivity contribution in [2.45, 2.75) is 57.9 Å². The number of hydrogen-bond acceptors (Lipinski definition) is 4. The molecule has 0 aromatic heterocycles. The maximum absolute atomic E-state index is 13.9. The SMILES string of the molecule is CCCCNC(=O)C(C)N(CCc1ccccc1)C(=O)CN(c1cc(C)cc(C)c1)S(=O)(=O)c1ccccc1. The van der Waals surface area contributed by atoms with Crippen LogP contribution in [-0.4, -0.2) is 50.8 Å². The van der Waals surface area contributed by atoms with Crippen molar-refractivity contribution >= 4 is 27.5 Å². The fourth-order valence-corrected chi connectivity index (χ4v) is 5.87. The van der Waals surface area contributed by atoms with Gasteiger partial charge in [0.15, 0.2) is 0 Å². The van der Waals surface area contributed by atoms with Crippen molar-refractivity contribution in [3.63, 3.8) is 0 Å². The van der Waals surface area contributed by atoms with E-state index in [2.05, 4.69) is 5.32 Å². The maximum Gasteiger partial charge on any atom is 0.264 e. The van der Waals surface area contributed by atoms with Gasteiger partial charge in [-0.1, -0.05) is 67.9 Å². The predicted octanol–water partition coefficient (Wildman–Crippen LogP) is 4.87. The number of benzene rings is 3. The quantitative estimate of drug-likeness (QED) is 0.308. The van der Waals surface area contributed by atoms with E-state index < -0.39 is 28.5 Å². The van der Waals surface area contributed by atoms with Crippen LogP contribution in [0.15, 0.2) is 83.8 Å². The zero-order valence-corrected chi connectivity index (χ0v) is 24.1. The van der Waals surface area contributed by atoms with Gasteiger partial charge < -0.3 is 10.2 Å². The first-order chi connectivity index (χ1) is 18.6. The van der Waals surface area contributed by atoms with Crippen molar-refractivity contribution in [3.8, 4) is 0 Å². The number of sulfonamides is 1. The molecule has 1 atom stereocenters. The zero-order chi connectivity index (χ0) is 28.4. The molecule has 2 amide bonds. The van der Waals surface area contributed by atoms with E-state index >= 15 is 0 Å². The molecule has 39 heavy (non-hydrogen) atoms. The van der Waals surface area contributed by atoms with E-state index in [1.165, 1.54) is 17.0 Å². The topological polar surface area (TPSA) is 86.8 Å². The molecule has 0 aliphatic carbocycles. The Bertz CT molecular complexity index is 1320. The van der Waals surface area contributed by atoms with Gasteiger partial charge >= 0.3 is 0 Å². The number of nitrogens with zero attached hydrogens (tertiary/aromatic N) is 2. The lowest BCUT2D eigenvalue weighted by molar-refractivity contribution is -0.138. The van der Waals surface area contributed by atoms with Gasteiger partial charge in [0, 0.05) is 13.1 Å². The largest absolute Gasteiger partial charge is 0.354 e. The number of amides is 2. The molecule has 3 aromatic carbocycles. The minimum Gasteiger partial charge on any atom is -0.354 e. The molecule has 3 aromatic rings. The lowest BCUT2D eigenvalue weighted by Crippen LogP contribution is -2.52. The van der Waals surface area contributed by atoms with Gasteiger partial charge in [0.25, 0.3) is 10.0 Å². The molecule has 1 N–H and O–H groups in total. The summed E-state index contributed by atoms with van der Waals surface area (Å²) in [6.45, 7) is 7.88. The summed E-state index contributed by atoms with van der Waals surface area (Å²) in [6.07, 6.45) is 2.31. The maximum atomic E-state index is 13.9. The lowest BCUT2D eigenvalue weighted by Gasteiger charge is -2.32. The van der Waals surface area contributed by atoms with Gasteiger partial charge in [0.05, 0.1) is 10.6 Å². The number of rotatable bonds is 13. The highest BCUT2D eigenvalue weighted by Crippen LogP contribution is 2.26. The highest BCUT2D eigenvalue weighted by Gasteiger charge is 2.32. The summed E-state index contributed by atoms with van der Waals surface area (Å²) in [7, 11) is -4.06. The molecular weight excluding hydrogens is 510 g/mol. The predicted molar refractivity (Wildman–Crippen MR) is 156 cm³/mol. The Labute approximate surface area is 232 Å². The third-order valence-corrected chi connectivity index (χ3v) is 8.37. The summed E-state index contributed by atoms with van der Waals surface area (Å²) < 4.78 is 28.8. The number of anilines is 1. The molecule has 0 aliphatic rings. The molecule has 0 radical (unpaired) electrons. The number of aryl methyl sites for hydroxylation is 2. The number of nitrogens with one attached hydrogen (secondary N) is 1. The third kappa shape index (κ3) is 8.17. The summed E-state index contributed by atoms with van der Waals surface area (Å²) in [5, 5.41) is 2.91. The van der Waals surface area contributed by atoms with Gasteiger partial charge in [0.1, 0.15) is 12.6 Å². The highest BCUT2D eigenvalue weighted by atomic mass is 32.2. The Hall–Kier alpha value is -3.65. The molecule has 208 valence electrons. The minimum absolute atomic E-state index is 0.0955. The van der Waals surface area contributed by atoms with Crippen LogP contribution < -0.4 is 9.62 Å². The van der Waals surface area contributed by atoms with Crippen LogP contribution in [0.5, 0.6) is 0 Å². The number of carbonyl (C=O) groups is 2. The van der Waals surface area contributed by atoms with E-state index in [0.717, 1.165) is 33.8 Å². The smallest absolute Gasteiger partial charge is 0.264 e. The van der Waals surface area contributed by atoms with Gasteiger partial charge in [0.2, 0.25) is 11.8 Å². The van der Waals surface area contributed by atoms with E-state index in [0.29, 0.717) is 18.7 Å². The van der Waals surface area contributed by atoms with Crippen LogP contribution in [0.4, 0.5) is 5.69 Å². The van der Waals surface area contributed by atoms with Crippen molar-refractivity contribution in [2.75, 3.05) is 23.9 Å². The van der Waals surface area contributed by atoms with Gasteiger partial charge in [-0.3, -0.25) is 13.9 Å². The van der Waals surface area contributed by atoms with Crippen LogP contribution in [0.1, 0.15) is 43.4 Å². The van der Waals surface area contributed by atoms with Gasteiger partial charge in [-0.15, -0.1) is 0 Å². The van der Waals surface area contributed by atoms with Crippen molar-refractivity contribution in [3.05, 3.63) is 95.6 Å². The molecular formula is C31H39N3O4S. The molecule has 0 fully saturated rings. The van der Waals surface area contributed by atoms with E-state index in [1.807, 2.05) is 57.2 Å². The Morgan fingerprint density at radius 3 is 2.08 bits per heavy atom. The van der Waals surface area contributed by atoms with Crippen molar-refractivity contribution in [2.24, 2.45) is 0 Å². The minimum atomic E-state index is -4.06. The first-order valence-corrected chi connectivity index (χ1v) is 14.8. The Balaban J connectivity index is 1.96. The Morgan fingerprint density at radius 2 is 1.49 bits per heavy atom. The first kappa shape index (κ1) is 29.9. The summed E-state index contributed by atoms with van der Waals surface area (Å²) in [4.78, 5) is 28.5. The Morgan fingerprint density at radius 1 is 0.897 bits per heavy atom. The Kier molecular flexibility index (Phi) is 10.7. The van der Waals surface area contributed by atoms with Gasteiger partial charge in [-0.25, -0.2) is 8.42 Å². The van der Waals surface area contributed by atoms with Crippen LogP contribution in [-0.2, 0) is 26.0 Å². The summed E-state index contributed by atoms with van der Waals surface area (Å²) >= 11 is 0. The lowest BCUT2D eigenvalue weighted by atomic mass is 10.1. The van der Waals surface area contributed by atoms with Crippen LogP contribution in [0.2, 0.25) is 0 Å². The summed E-state index contributed by atoms with van der Waals surface area (Å²) in [6, 6.07) is 22.5. The van der Waals surface area contributed by atoms with Crippen LogP contribution in [0.3, 0.4) is 0 Å². The monoisotopic (exact) mass is 549 g/mol.